The van der Waals surface area contributed by atoms with E-state index in [1.807, 2.05) is 32.8 Å². The van der Waals surface area contributed by atoms with E-state index in [1.54, 1.807) is 0 Å². The van der Waals surface area contributed by atoms with Crippen LogP contribution in [-0.4, -0.2) is 72.2 Å². The van der Waals surface area contributed by atoms with Crippen LogP contribution in [0.5, 0.6) is 0 Å². The van der Waals surface area contributed by atoms with E-state index in [4.69, 9.17) is 6.42 Å². The zero-order valence-corrected chi connectivity index (χ0v) is 13.7. The van der Waals surface area contributed by atoms with Crippen molar-refractivity contribution in [2.75, 3.05) is 33.7 Å². The molecule has 1 heterocycles. The van der Waals surface area contributed by atoms with E-state index in [1.165, 1.54) is 0 Å². The molecule has 0 aromatic rings. The highest BCUT2D eigenvalue weighted by Gasteiger charge is 2.33. The Morgan fingerprint density at radius 2 is 2.10 bits per heavy atom. The van der Waals surface area contributed by atoms with Crippen molar-refractivity contribution in [1.82, 2.24) is 15.1 Å². The molecule has 1 aliphatic heterocycles. The second kappa shape index (κ2) is 7.79. The van der Waals surface area contributed by atoms with Gasteiger partial charge >= 0.3 is 0 Å². The van der Waals surface area contributed by atoms with Crippen molar-refractivity contribution < 1.29 is 9.90 Å². The number of amides is 1. The summed E-state index contributed by atoms with van der Waals surface area (Å²) in [6.45, 7) is 5.65. The molecule has 2 N–H and O–H groups in total. The van der Waals surface area contributed by atoms with Crippen LogP contribution in [0.25, 0.3) is 0 Å². The van der Waals surface area contributed by atoms with Crippen molar-refractivity contribution in [2.45, 2.75) is 50.8 Å². The second-order valence-corrected chi connectivity index (χ2v) is 6.22. The van der Waals surface area contributed by atoms with Gasteiger partial charge in [0, 0.05) is 19.1 Å². The minimum absolute atomic E-state index is 0.0606. The predicted molar refractivity (Wildman–Crippen MR) is 84.8 cm³/mol. The molecule has 120 valence electrons. The lowest BCUT2D eigenvalue weighted by Gasteiger charge is -2.30. The van der Waals surface area contributed by atoms with Gasteiger partial charge in [-0.25, -0.2) is 0 Å². The molecule has 21 heavy (non-hydrogen) atoms. The molecule has 1 rings (SSSR count). The van der Waals surface area contributed by atoms with Crippen molar-refractivity contribution in [3.8, 4) is 12.3 Å². The molecule has 1 fully saturated rings. The van der Waals surface area contributed by atoms with Crippen LogP contribution >= 0.6 is 0 Å². The summed E-state index contributed by atoms with van der Waals surface area (Å²) in [5.74, 6) is 2.65. The minimum Gasteiger partial charge on any atom is -0.392 e. The Morgan fingerprint density at radius 1 is 1.48 bits per heavy atom. The molecule has 0 radical (unpaired) electrons. The molecule has 2 unspecified atom stereocenters. The van der Waals surface area contributed by atoms with Gasteiger partial charge in [0.1, 0.15) is 5.54 Å². The Bertz CT molecular complexity index is 385. The predicted octanol–water partition coefficient (Wildman–Crippen LogP) is 0.291. The van der Waals surface area contributed by atoms with E-state index in [2.05, 4.69) is 16.1 Å². The number of nitrogens with zero attached hydrogens (tertiary/aromatic N) is 2. The van der Waals surface area contributed by atoms with Gasteiger partial charge in [0.25, 0.3) is 0 Å². The molecule has 0 saturated carbocycles. The van der Waals surface area contributed by atoms with Crippen molar-refractivity contribution in [1.29, 1.82) is 0 Å². The number of aliphatic hydroxyl groups is 1. The van der Waals surface area contributed by atoms with Crippen LogP contribution in [0.15, 0.2) is 0 Å². The molecule has 0 bridgehead atoms. The molecule has 0 aromatic carbocycles. The van der Waals surface area contributed by atoms with Crippen LogP contribution < -0.4 is 5.32 Å². The monoisotopic (exact) mass is 295 g/mol. The summed E-state index contributed by atoms with van der Waals surface area (Å²) in [5.41, 5.74) is -0.549. The van der Waals surface area contributed by atoms with Crippen LogP contribution in [0.3, 0.4) is 0 Å². The van der Waals surface area contributed by atoms with Gasteiger partial charge in [0.15, 0.2) is 0 Å². The Labute approximate surface area is 128 Å². The SMILES string of the molecule is C#CC(CC)(CC)NC(=O)CN1CC(O)CC1CN(C)C. The molecule has 5 heteroatoms. The number of likely N-dealkylation sites (N-methyl/N-ethyl adjacent to an activating group) is 1. The van der Waals surface area contributed by atoms with Crippen LogP contribution in [0, 0.1) is 12.3 Å². The summed E-state index contributed by atoms with van der Waals surface area (Å²) in [7, 11) is 4.00. The maximum atomic E-state index is 12.3. The van der Waals surface area contributed by atoms with Crippen LogP contribution in [0.2, 0.25) is 0 Å². The average Bonchev–Trinajstić information content (AvgIpc) is 2.75. The van der Waals surface area contributed by atoms with Crippen molar-refractivity contribution >= 4 is 5.91 Å². The van der Waals surface area contributed by atoms with Crippen molar-refractivity contribution in [3.63, 3.8) is 0 Å². The van der Waals surface area contributed by atoms with E-state index in [9.17, 15) is 9.90 Å². The van der Waals surface area contributed by atoms with E-state index in [-0.39, 0.29) is 18.1 Å². The number of terminal acetylenes is 1. The summed E-state index contributed by atoms with van der Waals surface area (Å²) in [6.07, 6.45) is 7.38. The first-order chi connectivity index (χ1) is 9.85. The number of aliphatic hydroxyl groups excluding tert-OH is 1. The number of hydrogen-bond acceptors (Lipinski definition) is 4. The zero-order valence-electron chi connectivity index (χ0n) is 13.7. The number of β-amino-alcohol motifs (C(OH)–C–C–N with tert-alkyl or cyclic N) is 1. The molecule has 1 saturated heterocycles. The minimum atomic E-state index is -0.549. The van der Waals surface area contributed by atoms with E-state index < -0.39 is 5.54 Å². The van der Waals surface area contributed by atoms with Crippen molar-refractivity contribution in [2.24, 2.45) is 0 Å². The number of carbonyl (C=O) groups is 1. The fourth-order valence-corrected chi connectivity index (χ4v) is 2.92. The number of hydrogen-bond donors (Lipinski definition) is 2. The first kappa shape index (κ1) is 18.0. The molecular weight excluding hydrogens is 266 g/mol. The first-order valence-corrected chi connectivity index (χ1v) is 7.71. The Kier molecular flexibility index (Phi) is 6.66. The Morgan fingerprint density at radius 3 is 2.57 bits per heavy atom. The van der Waals surface area contributed by atoms with Gasteiger partial charge in [0.05, 0.1) is 12.6 Å². The number of likely N-dealkylation sites (tertiary alicyclic amines) is 1. The third-order valence-corrected chi connectivity index (χ3v) is 4.29. The highest BCUT2D eigenvalue weighted by atomic mass is 16.3. The summed E-state index contributed by atoms with van der Waals surface area (Å²) < 4.78 is 0. The van der Waals surface area contributed by atoms with Crippen molar-refractivity contribution in [3.05, 3.63) is 0 Å². The van der Waals surface area contributed by atoms with Crippen LogP contribution in [0.1, 0.15) is 33.1 Å². The molecule has 5 nitrogen and oxygen atoms in total. The van der Waals surface area contributed by atoms with Crippen LogP contribution in [0.4, 0.5) is 0 Å². The summed E-state index contributed by atoms with van der Waals surface area (Å²) >= 11 is 0. The molecule has 0 aromatic heterocycles. The van der Waals surface area contributed by atoms with Gasteiger partial charge in [-0.1, -0.05) is 19.8 Å². The number of nitrogens with one attached hydrogen (secondary N) is 1. The summed E-state index contributed by atoms with van der Waals surface area (Å²) in [6, 6.07) is 0.212. The molecule has 2 atom stereocenters. The van der Waals surface area contributed by atoms with E-state index in [0.717, 1.165) is 19.4 Å². The third-order valence-electron chi connectivity index (χ3n) is 4.29. The lowest BCUT2D eigenvalue weighted by atomic mass is 9.94. The number of carbonyl (C=O) groups excluding carboxylic acids is 1. The van der Waals surface area contributed by atoms with E-state index in [0.29, 0.717) is 19.5 Å². The van der Waals surface area contributed by atoms with Gasteiger partial charge in [-0.05, 0) is 33.4 Å². The molecule has 0 spiro atoms. The normalized spacial score (nSPS) is 23.3. The highest BCUT2D eigenvalue weighted by molar-refractivity contribution is 5.79. The van der Waals surface area contributed by atoms with Gasteiger partial charge < -0.3 is 15.3 Å². The van der Waals surface area contributed by atoms with Gasteiger partial charge in [0.2, 0.25) is 5.91 Å². The first-order valence-electron chi connectivity index (χ1n) is 7.71. The van der Waals surface area contributed by atoms with Crippen LogP contribution in [-0.2, 0) is 4.79 Å². The fraction of sp³-hybridized carbons (Fsp3) is 0.812. The van der Waals surface area contributed by atoms with Gasteiger partial charge in [-0.3, -0.25) is 9.69 Å². The summed E-state index contributed by atoms with van der Waals surface area (Å²) in [4.78, 5) is 16.4. The molecule has 1 aliphatic rings. The Balaban J connectivity index is 2.62. The standard InChI is InChI=1S/C16H29N3O2/c1-6-16(7-2,8-3)17-15(21)12-19-11-14(20)9-13(19)10-18(4)5/h1,13-14,20H,7-12H2,2-5H3,(H,17,21). The topological polar surface area (TPSA) is 55.8 Å². The lowest BCUT2D eigenvalue weighted by Crippen LogP contribution is -2.51. The average molecular weight is 295 g/mol. The number of rotatable bonds is 7. The lowest BCUT2D eigenvalue weighted by molar-refractivity contribution is -0.124. The largest absolute Gasteiger partial charge is 0.392 e. The molecular formula is C16H29N3O2. The highest BCUT2D eigenvalue weighted by Crippen LogP contribution is 2.19. The van der Waals surface area contributed by atoms with Gasteiger partial charge in [-0.2, -0.15) is 0 Å². The Hall–Kier alpha value is -1.09. The third kappa shape index (κ3) is 4.99. The fourth-order valence-electron chi connectivity index (χ4n) is 2.92. The molecule has 1 amide bonds. The smallest absolute Gasteiger partial charge is 0.235 e. The van der Waals surface area contributed by atoms with Gasteiger partial charge in [-0.15, -0.1) is 6.42 Å². The zero-order chi connectivity index (χ0) is 16.0. The quantitative estimate of drug-likeness (QED) is 0.663. The maximum absolute atomic E-state index is 12.3. The maximum Gasteiger partial charge on any atom is 0.235 e. The summed E-state index contributed by atoms with van der Waals surface area (Å²) in [5, 5.41) is 12.8. The van der Waals surface area contributed by atoms with E-state index >= 15 is 0 Å². The second-order valence-electron chi connectivity index (χ2n) is 6.22. The molecule has 0 aliphatic carbocycles.